The molecule has 16 nitrogen and oxygen atoms in total. The van der Waals surface area contributed by atoms with Gasteiger partial charge in [0.25, 0.3) is 30.4 Å². The molecule has 7 rings (SSSR count). The zero-order chi connectivity index (χ0) is 39.4. The van der Waals surface area contributed by atoms with E-state index < -0.39 is 62.2 Å². The number of anilines is 1. The van der Waals surface area contributed by atoms with Crippen LogP contribution in [-0.2, 0) is 30.4 Å². The molecule has 0 aliphatic rings. The molecule has 1 aromatic heterocycles. The average Bonchev–Trinajstić information content (AvgIpc) is 3.12. The molecule has 0 radical (unpaired) electrons. The summed E-state index contributed by atoms with van der Waals surface area (Å²) in [4.78, 5) is 2.48. The molecule has 19 heteroatoms. The second kappa shape index (κ2) is 13.6. The number of pyridine rings is 1. The molecule has 1 heterocycles. The number of nitrogens with zero attached hydrogens (tertiary/aromatic N) is 5. The highest BCUT2D eigenvalue weighted by atomic mass is 32.2. The molecule has 55 heavy (non-hydrogen) atoms. The summed E-state index contributed by atoms with van der Waals surface area (Å²) in [5.74, 6) is -0.881. The highest BCUT2D eigenvalue weighted by Gasteiger charge is 2.25. The minimum Gasteiger partial charge on any atom is -0.505 e. The van der Waals surface area contributed by atoms with E-state index >= 15 is 0 Å². The van der Waals surface area contributed by atoms with E-state index in [4.69, 9.17) is 10.7 Å². The summed E-state index contributed by atoms with van der Waals surface area (Å²) < 4.78 is 102. The first-order valence-electron chi connectivity index (χ1n) is 15.8. The van der Waals surface area contributed by atoms with E-state index in [9.17, 15) is 44.0 Å². The molecular formula is C36H26N6O10S3. The molecule has 278 valence electrons. The standard InChI is InChI=1S/C36H26N6O10S3/c1-19-14-32(38-29-5-3-2-4-24(19)29)20-6-8-22(9-7-20)39-40-30-12-13-31(27-17-23(53(44,45)46)10-11-25(27)30)41-42-35-34(55(50,51)52)16-21-15-33(54(47,48)49)28(37)18-26(21)36(35)43/h2-18,43H,37H2,1H3,(H,44,45,46)(H,47,48,49)(H,50,51,52). The number of phenols is 1. The highest BCUT2D eigenvalue weighted by Crippen LogP contribution is 2.44. The first-order chi connectivity index (χ1) is 25.9. The molecule has 0 unspecified atom stereocenters. The van der Waals surface area contributed by atoms with Crippen molar-refractivity contribution < 1.29 is 44.0 Å². The van der Waals surface area contributed by atoms with Gasteiger partial charge >= 0.3 is 0 Å². The normalized spacial score (nSPS) is 12.8. The lowest BCUT2D eigenvalue weighted by Gasteiger charge is -2.11. The van der Waals surface area contributed by atoms with E-state index in [0.29, 0.717) is 5.69 Å². The average molecular weight is 799 g/mol. The van der Waals surface area contributed by atoms with Crippen LogP contribution >= 0.6 is 0 Å². The smallest absolute Gasteiger partial charge is 0.296 e. The lowest BCUT2D eigenvalue weighted by atomic mass is 10.1. The molecule has 0 amide bonds. The molecule has 0 aliphatic carbocycles. The number of benzene rings is 6. The SMILES string of the molecule is Cc1cc(-c2ccc(N=Nc3ccc(N=Nc4c(S(=O)(=O)O)cc5cc(S(=O)(=O)O)c(N)cc5c4O)c4cc(S(=O)(=O)O)ccc34)cc2)nc2ccccc12. The molecule has 0 bridgehead atoms. The van der Waals surface area contributed by atoms with Gasteiger partial charge in [0.15, 0.2) is 5.75 Å². The predicted molar refractivity (Wildman–Crippen MR) is 204 cm³/mol. The Bertz CT molecular complexity index is 3150. The van der Waals surface area contributed by atoms with Crippen molar-refractivity contribution in [3.8, 4) is 17.0 Å². The molecule has 0 atom stereocenters. The third kappa shape index (κ3) is 7.34. The van der Waals surface area contributed by atoms with Crippen LogP contribution < -0.4 is 5.73 Å². The van der Waals surface area contributed by atoms with Crippen LogP contribution in [0, 0.1) is 6.92 Å². The number of azo groups is 2. The monoisotopic (exact) mass is 798 g/mol. The van der Waals surface area contributed by atoms with Crippen LogP contribution in [0.1, 0.15) is 5.56 Å². The Morgan fingerprint density at radius 1 is 0.600 bits per heavy atom. The summed E-state index contributed by atoms with van der Waals surface area (Å²) in [6.07, 6.45) is 0. The van der Waals surface area contributed by atoms with Gasteiger partial charge in [0, 0.05) is 27.1 Å². The summed E-state index contributed by atoms with van der Waals surface area (Å²) >= 11 is 0. The number of aromatic hydroxyl groups is 1. The van der Waals surface area contributed by atoms with Crippen molar-refractivity contribution in [2.24, 2.45) is 20.5 Å². The van der Waals surface area contributed by atoms with Crippen LogP contribution in [0.2, 0.25) is 0 Å². The first kappa shape index (κ1) is 37.1. The molecule has 6 aromatic carbocycles. The maximum Gasteiger partial charge on any atom is 0.296 e. The van der Waals surface area contributed by atoms with Gasteiger partial charge in [-0.05, 0) is 84.6 Å². The molecule has 7 aromatic rings. The Labute approximate surface area is 312 Å². The van der Waals surface area contributed by atoms with E-state index in [1.165, 1.54) is 18.2 Å². The van der Waals surface area contributed by atoms with Gasteiger partial charge in [-0.3, -0.25) is 13.7 Å². The summed E-state index contributed by atoms with van der Waals surface area (Å²) in [5.41, 5.74) is 8.68. The Balaban J connectivity index is 1.29. The van der Waals surface area contributed by atoms with Crippen LogP contribution in [0.5, 0.6) is 5.75 Å². The Hall–Kier alpha value is -6.22. The second-order valence-corrected chi connectivity index (χ2v) is 16.4. The van der Waals surface area contributed by atoms with E-state index in [-0.39, 0.29) is 32.9 Å². The Morgan fingerprint density at radius 2 is 1.24 bits per heavy atom. The van der Waals surface area contributed by atoms with Crippen molar-refractivity contribution in [2.75, 3.05) is 5.73 Å². The number of rotatable bonds is 8. The number of phenolic OH excluding ortho intramolecular Hbond substituents is 1. The maximum atomic E-state index is 12.4. The quantitative estimate of drug-likeness (QED) is 0.0551. The van der Waals surface area contributed by atoms with Crippen LogP contribution in [0.4, 0.5) is 28.4 Å². The van der Waals surface area contributed by atoms with Gasteiger partial charge in [-0.15, -0.1) is 15.3 Å². The van der Waals surface area contributed by atoms with Gasteiger partial charge in [0.1, 0.15) is 15.5 Å². The third-order valence-corrected chi connectivity index (χ3v) is 11.2. The lowest BCUT2D eigenvalue weighted by molar-refractivity contribution is 0.472. The largest absolute Gasteiger partial charge is 0.505 e. The van der Waals surface area contributed by atoms with Gasteiger partial charge < -0.3 is 10.8 Å². The van der Waals surface area contributed by atoms with Crippen molar-refractivity contribution in [3.63, 3.8) is 0 Å². The number of hydrogen-bond acceptors (Lipinski definition) is 13. The van der Waals surface area contributed by atoms with Crippen molar-refractivity contribution >= 4 is 91.2 Å². The fourth-order valence-electron chi connectivity index (χ4n) is 5.95. The van der Waals surface area contributed by atoms with Crippen molar-refractivity contribution in [1.29, 1.82) is 0 Å². The fraction of sp³-hybridized carbons (Fsp3) is 0.0278. The lowest BCUT2D eigenvalue weighted by Crippen LogP contribution is -2.04. The van der Waals surface area contributed by atoms with Crippen molar-refractivity contribution in [1.82, 2.24) is 4.98 Å². The minimum absolute atomic E-state index is 0.0548. The third-order valence-electron chi connectivity index (χ3n) is 8.59. The van der Waals surface area contributed by atoms with Gasteiger partial charge in [0.05, 0.1) is 38.9 Å². The van der Waals surface area contributed by atoms with Crippen LogP contribution in [0.25, 0.3) is 43.7 Å². The van der Waals surface area contributed by atoms with E-state index in [2.05, 4.69) is 20.5 Å². The van der Waals surface area contributed by atoms with Gasteiger partial charge in [-0.25, -0.2) is 4.98 Å². The number of nitrogens with two attached hydrogens (primary N) is 1. The van der Waals surface area contributed by atoms with Gasteiger partial charge in [0.2, 0.25) is 0 Å². The van der Waals surface area contributed by atoms with E-state index in [0.717, 1.165) is 58.1 Å². The molecule has 0 spiro atoms. The summed E-state index contributed by atoms with van der Waals surface area (Å²) in [6, 6.07) is 25.9. The number of para-hydroxylation sites is 1. The van der Waals surface area contributed by atoms with Crippen molar-refractivity contribution in [2.45, 2.75) is 21.6 Å². The Kier molecular flexibility index (Phi) is 9.16. The Morgan fingerprint density at radius 3 is 1.91 bits per heavy atom. The molecule has 6 N–H and O–H groups in total. The topological polar surface area (TPSA) is 272 Å². The highest BCUT2D eigenvalue weighted by molar-refractivity contribution is 7.86. The zero-order valence-corrected chi connectivity index (χ0v) is 30.5. The second-order valence-electron chi connectivity index (χ2n) is 12.2. The first-order valence-corrected chi connectivity index (χ1v) is 20.1. The maximum absolute atomic E-state index is 12.4. The van der Waals surface area contributed by atoms with Gasteiger partial charge in [-0.2, -0.15) is 30.4 Å². The molecule has 0 saturated heterocycles. The number of hydrogen-bond donors (Lipinski definition) is 5. The fourth-order valence-corrected chi connectivity index (χ4v) is 7.75. The predicted octanol–water partition coefficient (Wildman–Crippen LogP) is 8.38. The summed E-state index contributed by atoms with van der Waals surface area (Å²) in [6.45, 7) is 2.01. The zero-order valence-electron chi connectivity index (χ0n) is 28.1. The number of nitrogen functional groups attached to an aromatic ring is 1. The van der Waals surface area contributed by atoms with Crippen molar-refractivity contribution in [3.05, 3.63) is 109 Å². The number of aryl methyl sites for hydroxylation is 1. The minimum atomic E-state index is -5.15. The number of fused-ring (bicyclic) bond motifs is 3. The van der Waals surface area contributed by atoms with Crippen LogP contribution in [0.15, 0.2) is 138 Å². The number of aromatic nitrogens is 1. The molecule has 0 fully saturated rings. The molecule has 0 aliphatic heterocycles. The van der Waals surface area contributed by atoms with Crippen LogP contribution in [-0.4, -0.2) is 49.0 Å². The van der Waals surface area contributed by atoms with E-state index in [1.807, 2.05) is 49.4 Å². The van der Waals surface area contributed by atoms with Crippen LogP contribution in [0.3, 0.4) is 0 Å². The molecule has 0 saturated carbocycles. The van der Waals surface area contributed by atoms with E-state index in [1.54, 1.807) is 12.1 Å². The summed E-state index contributed by atoms with van der Waals surface area (Å²) in [7, 11) is -14.7. The van der Waals surface area contributed by atoms with Gasteiger partial charge in [-0.1, -0.05) is 36.4 Å². The molecular weight excluding hydrogens is 773 g/mol. The summed E-state index contributed by atoms with van der Waals surface area (Å²) in [5, 5.41) is 28.6.